The molecule has 0 spiro atoms. The molecule has 0 unspecified atom stereocenters. The van der Waals surface area contributed by atoms with Crippen molar-refractivity contribution < 1.29 is 13.2 Å². The Bertz CT molecular complexity index is 1040. The topological polar surface area (TPSA) is 75.3 Å². The van der Waals surface area contributed by atoms with Crippen LogP contribution in [0, 0.1) is 0 Å². The van der Waals surface area contributed by atoms with Crippen LogP contribution in [0.4, 0.5) is 11.4 Å². The molecule has 1 amide bonds. The Morgan fingerprint density at radius 3 is 2.63 bits per heavy atom. The molecule has 0 saturated carbocycles. The highest BCUT2D eigenvalue weighted by Gasteiger charge is 2.16. The van der Waals surface area contributed by atoms with Crippen LogP contribution in [0.2, 0.25) is 5.02 Å². The highest BCUT2D eigenvalue weighted by molar-refractivity contribution is 8.01. The third kappa shape index (κ3) is 5.49. The first-order chi connectivity index (χ1) is 12.9. The summed E-state index contributed by atoms with van der Waals surface area (Å²) in [7, 11) is -3.83. The van der Waals surface area contributed by atoms with E-state index in [1.807, 2.05) is 17.5 Å². The Labute approximate surface area is 170 Å². The SMILES string of the molecule is O=C(CSc1cccs1)Nc1cccc(S(=O)(=O)Nc2ccccc2Cl)c1. The lowest BCUT2D eigenvalue weighted by Gasteiger charge is -2.11. The molecule has 9 heteroatoms. The van der Waals surface area contributed by atoms with Crippen LogP contribution in [0.3, 0.4) is 0 Å². The van der Waals surface area contributed by atoms with Gasteiger partial charge in [-0.15, -0.1) is 23.1 Å². The molecular formula is C18H15ClN2O3S3. The summed E-state index contributed by atoms with van der Waals surface area (Å²) in [5.41, 5.74) is 0.703. The summed E-state index contributed by atoms with van der Waals surface area (Å²) in [5.74, 6) is 0.0389. The van der Waals surface area contributed by atoms with Gasteiger partial charge in [-0.05, 0) is 41.8 Å². The molecule has 3 rings (SSSR count). The Kier molecular flexibility index (Phi) is 6.43. The highest BCUT2D eigenvalue weighted by Crippen LogP contribution is 2.26. The van der Waals surface area contributed by atoms with Crippen molar-refractivity contribution in [2.75, 3.05) is 15.8 Å². The average Bonchev–Trinajstić information content (AvgIpc) is 3.16. The smallest absolute Gasteiger partial charge is 0.262 e. The zero-order valence-electron chi connectivity index (χ0n) is 13.9. The summed E-state index contributed by atoms with van der Waals surface area (Å²) in [6, 6.07) is 16.5. The number of hydrogen-bond acceptors (Lipinski definition) is 5. The lowest BCUT2D eigenvalue weighted by Crippen LogP contribution is -2.16. The van der Waals surface area contributed by atoms with Gasteiger partial charge in [0.25, 0.3) is 10.0 Å². The van der Waals surface area contributed by atoms with Gasteiger partial charge in [0.2, 0.25) is 5.91 Å². The quantitative estimate of drug-likeness (QED) is 0.512. The van der Waals surface area contributed by atoms with Crippen LogP contribution in [0.15, 0.2) is 75.1 Å². The highest BCUT2D eigenvalue weighted by atomic mass is 35.5. The first-order valence-electron chi connectivity index (χ1n) is 7.77. The molecule has 0 aliphatic heterocycles. The molecule has 0 aliphatic carbocycles. The summed E-state index contributed by atoms with van der Waals surface area (Å²) in [5, 5.41) is 4.97. The molecule has 0 saturated heterocycles. The van der Waals surface area contributed by atoms with Crippen LogP contribution >= 0.6 is 34.7 Å². The van der Waals surface area contributed by atoms with Crippen LogP contribution < -0.4 is 10.0 Å². The largest absolute Gasteiger partial charge is 0.325 e. The second-order valence-corrected chi connectivity index (χ2v) is 9.70. The summed E-state index contributed by atoms with van der Waals surface area (Å²) in [6.07, 6.45) is 0. The van der Waals surface area contributed by atoms with Gasteiger partial charge in [0.1, 0.15) is 0 Å². The molecule has 0 bridgehead atoms. The van der Waals surface area contributed by atoms with E-state index in [9.17, 15) is 13.2 Å². The van der Waals surface area contributed by atoms with Crippen molar-refractivity contribution in [3.05, 3.63) is 71.1 Å². The van der Waals surface area contributed by atoms with Gasteiger partial charge in [-0.25, -0.2) is 8.42 Å². The Morgan fingerprint density at radius 2 is 1.89 bits per heavy atom. The van der Waals surface area contributed by atoms with Gasteiger partial charge in [-0.2, -0.15) is 0 Å². The predicted molar refractivity (Wildman–Crippen MR) is 112 cm³/mol. The number of hydrogen-bond donors (Lipinski definition) is 2. The van der Waals surface area contributed by atoms with E-state index in [-0.39, 0.29) is 16.6 Å². The number of anilines is 2. The van der Waals surface area contributed by atoms with Gasteiger partial charge in [-0.3, -0.25) is 9.52 Å². The van der Waals surface area contributed by atoms with Crippen LogP contribution in [-0.4, -0.2) is 20.1 Å². The van der Waals surface area contributed by atoms with E-state index in [4.69, 9.17) is 11.6 Å². The Morgan fingerprint density at radius 1 is 1.07 bits per heavy atom. The first-order valence-corrected chi connectivity index (χ1v) is 11.5. The van der Waals surface area contributed by atoms with E-state index in [0.29, 0.717) is 16.4 Å². The van der Waals surface area contributed by atoms with Crippen LogP contribution in [0.1, 0.15) is 0 Å². The van der Waals surface area contributed by atoms with Gasteiger partial charge in [0, 0.05) is 5.69 Å². The third-order valence-corrected chi connectivity index (χ3v) is 7.21. The molecule has 140 valence electrons. The van der Waals surface area contributed by atoms with E-state index >= 15 is 0 Å². The lowest BCUT2D eigenvalue weighted by molar-refractivity contribution is -0.113. The standard InChI is InChI=1S/C18H15ClN2O3S3/c19-15-7-1-2-8-16(15)21-27(23,24)14-6-3-5-13(11-14)20-17(22)12-26-18-9-4-10-25-18/h1-11,21H,12H2,(H,20,22). The second-order valence-electron chi connectivity index (χ2n) is 5.38. The van der Waals surface area contributed by atoms with E-state index in [1.165, 1.54) is 23.9 Å². The van der Waals surface area contributed by atoms with Crippen molar-refractivity contribution >= 4 is 62.0 Å². The first kappa shape index (κ1) is 19.8. The molecule has 3 aromatic rings. The van der Waals surface area contributed by atoms with Crippen LogP contribution in [0.5, 0.6) is 0 Å². The minimum absolute atomic E-state index is 0.0335. The van der Waals surface area contributed by atoms with E-state index in [2.05, 4.69) is 10.0 Å². The number of amides is 1. The van der Waals surface area contributed by atoms with Gasteiger partial charge in [-0.1, -0.05) is 35.9 Å². The van der Waals surface area contributed by atoms with Crippen molar-refractivity contribution in [2.45, 2.75) is 9.10 Å². The number of para-hydroxylation sites is 1. The maximum absolute atomic E-state index is 12.6. The molecular weight excluding hydrogens is 424 g/mol. The van der Waals surface area contributed by atoms with Crippen LogP contribution in [0.25, 0.3) is 0 Å². The maximum atomic E-state index is 12.6. The molecule has 5 nitrogen and oxygen atoms in total. The molecule has 2 N–H and O–H groups in total. The van der Waals surface area contributed by atoms with Gasteiger partial charge in [0.05, 0.1) is 25.6 Å². The summed E-state index contributed by atoms with van der Waals surface area (Å²) in [6.45, 7) is 0. The van der Waals surface area contributed by atoms with E-state index in [1.54, 1.807) is 47.7 Å². The van der Waals surface area contributed by atoms with Crippen molar-refractivity contribution in [1.29, 1.82) is 0 Å². The fourth-order valence-electron chi connectivity index (χ4n) is 2.17. The molecule has 0 atom stereocenters. The van der Waals surface area contributed by atoms with Crippen molar-refractivity contribution in [1.82, 2.24) is 0 Å². The zero-order chi connectivity index (χ0) is 19.3. The number of rotatable bonds is 7. The van der Waals surface area contributed by atoms with Gasteiger partial charge < -0.3 is 5.32 Å². The number of nitrogens with one attached hydrogen (secondary N) is 2. The minimum Gasteiger partial charge on any atom is -0.325 e. The summed E-state index contributed by atoms with van der Waals surface area (Å²) < 4.78 is 28.7. The fraction of sp³-hybridized carbons (Fsp3) is 0.0556. The normalized spacial score (nSPS) is 11.1. The molecule has 27 heavy (non-hydrogen) atoms. The predicted octanol–water partition coefficient (Wildman–Crippen LogP) is 4.93. The van der Waals surface area contributed by atoms with E-state index in [0.717, 1.165) is 4.21 Å². The monoisotopic (exact) mass is 438 g/mol. The molecule has 0 aliphatic rings. The molecule has 0 radical (unpaired) electrons. The molecule has 1 heterocycles. The van der Waals surface area contributed by atoms with Gasteiger partial charge >= 0.3 is 0 Å². The number of carbonyl (C=O) groups is 1. The number of benzene rings is 2. The Balaban J connectivity index is 1.69. The molecule has 1 aromatic heterocycles. The number of halogens is 1. The van der Waals surface area contributed by atoms with Crippen molar-refractivity contribution in [3.8, 4) is 0 Å². The average molecular weight is 439 g/mol. The van der Waals surface area contributed by atoms with Crippen molar-refractivity contribution in [3.63, 3.8) is 0 Å². The summed E-state index contributed by atoms with van der Waals surface area (Å²) in [4.78, 5) is 12.1. The third-order valence-electron chi connectivity index (χ3n) is 3.39. The minimum atomic E-state index is -3.83. The Hall–Kier alpha value is -2.00. The summed E-state index contributed by atoms with van der Waals surface area (Å²) >= 11 is 9.00. The second kappa shape index (κ2) is 8.79. The number of thiophene rings is 1. The fourth-order valence-corrected chi connectivity index (χ4v) is 5.12. The number of carbonyl (C=O) groups excluding carboxylic acids is 1. The number of sulfonamides is 1. The van der Waals surface area contributed by atoms with Gasteiger partial charge in [0.15, 0.2) is 0 Å². The molecule has 2 aromatic carbocycles. The molecule has 0 fully saturated rings. The lowest BCUT2D eigenvalue weighted by atomic mass is 10.3. The van der Waals surface area contributed by atoms with E-state index < -0.39 is 10.0 Å². The van der Waals surface area contributed by atoms with Crippen molar-refractivity contribution in [2.24, 2.45) is 0 Å². The van der Waals surface area contributed by atoms with Crippen LogP contribution in [-0.2, 0) is 14.8 Å². The maximum Gasteiger partial charge on any atom is 0.262 e. The number of thioether (sulfide) groups is 1. The zero-order valence-corrected chi connectivity index (χ0v) is 17.1.